The highest BCUT2D eigenvalue weighted by molar-refractivity contribution is 9.08. The quantitative estimate of drug-likeness (QED) is 0.624. The third kappa shape index (κ3) is 3.01. The van der Waals surface area contributed by atoms with Crippen molar-refractivity contribution >= 4 is 50.2 Å². The lowest BCUT2D eigenvalue weighted by molar-refractivity contribution is 1.44. The van der Waals surface area contributed by atoms with Crippen molar-refractivity contribution < 1.29 is 0 Å². The van der Waals surface area contributed by atoms with Crippen molar-refractivity contribution in [2.45, 2.75) is 5.33 Å². The molecule has 0 saturated carbocycles. The number of halogens is 3. The van der Waals surface area contributed by atoms with E-state index in [1.165, 1.54) is 0 Å². The van der Waals surface area contributed by atoms with Crippen LogP contribution in [0, 0.1) is 0 Å². The maximum atomic E-state index is 5.72. The third-order valence-corrected chi connectivity index (χ3v) is 2.09. The third-order valence-electron chi connectivity index (χ3n) is 1.25. The summed E-state index contributed by atoms with van der Waals surface area (Å²) in [5.41, 5.74) is 7.42. The first kappa shape index (κ1) is 11.3. The molecule has 0 unspecified atom stereocenters. The van der Waals surface area contributed by atoms with E-state index in [0.717, 1.165) is 21.6 Å². The summed E-state index contributed by atoms with van der Waals surface area (Å²) in [6, 6.07) is 5.44. The van der Waals surface area contributed by atoms with Crippen LogP contribution in [0.15, 0.2) is 18.2 Å². The molecule has 0 aliphatic heterocycles. The van der Waals surface area contributed by atoms with E-state index in [1.54, 1.807) is 12.1 Å². The van der Waals surface area contributed by atoms with Gasteiger partial charge in [0.25, 0.3) is 0 Å². The van der Waals surface area contributed by atoms with Gasteiger partial charge >= 0.3 is 0 Å². The molecule has 0 amide bonds. The van der Waals surface area contributed by atoms with E-state index >= 15 is 0 Å². The monoisotopic (exact) mass is 299 g/mol. The van der Waals surface area contributed by atoms with E-state index in [0.29, 0.717) is 0 Å². The molecule has 0 fully saturated rings. The van der Waals surface area contributed by atoms with Crippen LogP contribution in [0.4, 0.5) is 5.69 Å². The predicted octanol–water partition coefficient (Wildman–Crippen LogP) is 3.40. The molecule has 1 aromatic rings. The van der Waals surface area contributed by atoms with Gasteiger partial charge in [0.15, 0.2) is 0 Å². The maximum absolute atomic E-state index is 5.72. The van der Waals surface area contributed by atoms with Gasteiger partial charge in [0.1, 0.15) is 0 Å². The van der Waals surface area contributed by atoms with Crippen LogP contribution in [0.2, 0.25) is 5.02 Å². The topological polar surface area (TPSA) is 26.0 Å². The Morgan fingerprint density at radius 1 is 1.45 bits per heavy atom. The first-order valence-corrected chi connectivity index (χ1v) is 4.34. The molecule has 0 spiro atoms. The second-order valence-electron chi connectivity index (χ2n) is 1.98. The Hall–Kier alpha value is 0.270. The van der Waals surface area contributed by atoms with Gasteiger partial charge in [0.2, 0.25) is 0 Å². The lowest BCUT2D eigenvalue weighted by Gasteiger charge is -2.00. The molecule has 0 radical (unpaired) electrons. The minimum absolute atomic E-state index is 0. The van der Waals surface area contributed by atoms with Gasteiger partial charge in [0.05, 0.1) is 0 Å². The summed E-state index contributed by atoms with van der Waals surface area (Å²) >= 11 is 9.02. The lowest BCUT2D eigenvalue weighted by Crippen LogP contribution is -1.90. The number of benzene rings is 1. The molecule has 0 aliphatic carbocycles. The Morgan fingerprint density at radius 2 is 2.09 bits per heavy atom. The zero-order valence-electron chi connectivity index (χ0n) is 5.68. The number of hydrogen-bond acceptors (Lipinski definition) is 1. The van der Waals surface area contributed by atoms with E-state index < -0.39 is 0 Å². The van der Waals surface area contributed by atoms with Gasteiger partial charge in [0, 0.05) is 16.0 Å². The number of alkyl halides is 1. The summed E-state index contributed by atoms with van der Waals surface area (Å²) in [6.07, 6.45) is 0. The first-order valence-electron chi connectivity index (χ1n) is 2.84. The van der Waals surface area contributed by atoms with Crippen molar-refractivity contribution in [3.63, 3.8) is 0 Å². The standard InChI is InChI=1S/C7H7BrClN.BrH/c8-4-5-3-6(9)1-2-7(5)10;/h1-3H,4,10H2;1H. The smallest absolute Gasteiger partial charge is 0.0410 e. The summed E-state index contributed by atoms with van der Waals surface area (Å²) in [7, 11) is 0. The number of nitrogen functional groups attached to an aromatic ring is 1. The molecule has 1 rings (SSSR count). The van der Waals surface area contributed by atoms with Crippen molar-refractivity contribution in [2.24, 2.45) is 0 Å². The highest BCUT2D eigenvalue weighted by atomic mass is 79.9. The van der Waals surface area contributed by atoms with E-state index in [4.69, 9.17) is 17.3 Å². The summed E-state index contributed by atoms with van der Waals surface area (Å²) in [5, 5.41) is 1.48. The average Bonchev–Trinajstić information content (AvgIpc) is 1.94. The van der Waals surface area contributed by atoms with Gasteiger partial charge < -0.3 is 5.73 Å². The second-order valence-corrected chi connectivity index (χ2v) is 2.97. The maximum Gasteiger partial charge on any atom is 0.0410 e. The number of rotatable bonds is 1. The number of anilines is 1. The van der Waals surface area contributed by atoms with Gasteiger partial charge in [-0.2, -0.15) is 0 Å². The molecule has 1 aromatic carbocycles. The van der Waals surface area contributed by atoms with Crippen LogP contribution in [0.3, 0.4) is 0 Å². The molecule has 0 heterocycles. The SMILES string of the molecule is Br.Nc1ccc(Cl)cc1CBr. The van der Waals surface area contributed by atoms with Crippen molar-refractivity contribution in [1.82, 2.24) is 0 Å². The van der Waals surface area contributed by atoms with E-state index in [1.807, 2.05) is 6.07 Å². The first-order chi connectivity index (χ1) is 4.74. The van der Waals surface area contributed by atoms with Crippen molar-refractivity contribution in [3.05, 3.63) is 28.8 Å². The summed E-state index contributed by atoms with van der Waals surface area (Å²) in [4.78, 5) is 0. The molecule has 0 atom stereocenters. The van der Waals surface area contributed by atoms with Gasteiger partial charge in [-0.05, 0) is 23.8 Å². The van der Waals surface area contributed by atoms with Gasteiger partial charge in [-0.15, -0.1) is 17.0 Å². The molecule has 0 saturated heterocycles. The molecular weight excluding hydrogens is 293 g/mol. The van der Waals surface area contributed by atoms with Crippen LogP contribution in [0.25, 0.3) is 0 Å². The number of nitrogens with two attached hydrogens (primary N) is 1. The minimum atomic E-state index is 0. The van der Waals surface area contributed by atoms with Crippen LogP contribution < -0.4 is 5.73 Å². The Labute approximate surface area is 89.8 Å². The van der Waals surface area contributed by atoms with Crippen LogP contribution in [0.1, 0.15) is 5.56 Å². The van der Waals surface area contributed by atoms with E-state index in [9.17, 15) is 0 Å². The lowest BCUT2D eigenvalue weighted by atomic mass is 10.2. The molecule has 1 nitrogen and oxygen atoms in total. The van der Waals surface area contributed by atoms with Crippen LogP contribution in [-0.2, 0) is 5.33 Å². The molecule has 62 valence electrons. The Balaban J connectivity index is 0.000001000. The highest BCUT2D eigenvalue weighted by Crippen LogP contribution is 2.19. The Bertz CT molecular complexity index is 240. The second kappa shape index (κ2) is 5.01. The van der Waals surface area contributed by atoms with Crippen LogP contribution >= 0.6 is 44.5 Å². The van der Waals surface area contributed by atoms with Crippen molar-refractivity contribution in [2.75, 3.05) is 5.73 Å². The van der Waals surface area contributed by atoms with Crippen LogP contribution in [0.5, 0.6) is 0 Å². The van der Waals surface area contributed by atoms with Gasteiger partial charge in [-0.3, -0.25) is 0 Å². The molecule has 4 heteroatoms. The number of hydrogen-bond donors (Lipinski definition) is 1. The largest absolute Gasteiger partial charge is 0.398 e. The zero-order chi connectivity index (χ0) is 7.56. The Morgan fingerprint density at radius 3 is 2.55 bits per heavy atom. The Kier molecular flexibility index (Phi) is 5.13. The fraction of sp³-hybridized carbons (Fsp3) is 0.143. The van der Waals surface area contributed by atoms with E-state index in [-0.39, 0.29) is 17.0 Å². The predicted molar refractivity (Wildman–Crippen MR) is 58.8 cm³/mol. The highest BCUT2D eigenvalue weighted by Gasteiger charge is 1.96. The zero-order valence-corrected chi connectivity index (χ0v) is 9.74. The molecule has 11 heavy (non-hydrogen) atoms. The summed E-state index contributed by atoms with van der Waals surface area (Å²) in [5.74, 6) is 0. The molecule has 0 aromatic heterocycles. The van der Waals surface area contributed by atoms with Crippen molar-refractivity contribution in [1.29, 1.82) is 0 Å². The fourth-order valence-electron chi connectivity index (χ4n) is 0.690. The molecular formula is C7H8Br2ClN. The molecule has 0 bridgehead atoms. The van der Waals surface area contributed by atoms with Crippen molar-refractivity contribution in [3.8, 4) is 0 Å². The average molecular weight is 301 g/mol. The fourth-order valence-corrected chi connectivity index (χ4v) is 1.37. The van der Waals surface area contributed by atoms with E-state index in [2.05, 4.69) is 15.9 Å². The minimum Gasteiger partial charge on any atom is -0.398 e. The van der Waals surface area contributed by atoms with Gasteiger partial charge in [-0.25, -0.2) is 0 Å². The normalized spacial score (nSPS) is 8.91. The summed E-state index contributed by atoms with van der Waals surface area (Å²) < 4.78 is 0. The molecule has 0 aliphatic rings. The van der Waals surface area contributed by atoms with Gasteiger partial charge in [-0.1, -0.05) is 27.5 Å². The molecule has 2 N–H and O–H groups in total. The van der Waals surface area contributed by atoms with Crippen LogP contribution in [-0.4, -0.2) is 0 Å². The summed E-state index contributed by atoms with van der Waals surface area (Å²) in [6.45, 7) is 0.